The third-order valence-corrected chi connectivity index (χ3v) is 8.81. The molecule has 12 nitrogen and oxygen atoms in total. The summed E-state index contributed by atoms with van der Waals surface area (Å²) >= 11 is 0. The Hall–Kier alpha value is -4.65. The number of carbonyl (C=O) groups is 3. The highest BCUT2D eigenvalue weighted by atomic mass is 16.4. The van der Waals surface area contributed by atoms with Gasteiger partial charge in [0.1, 0.15) is 23.4 Å². The minimum absolute atomic E-state index is 0.119. The van der Waals surface area contributed by atoms with Crippen molar-refractivity contribution in [1.29, 1.82) is 0 Å². The zero-order valence-corrected chi connectivity index (χ0v) is 35.9. The standard InChI is InChI=1S/3C14H20O3.C3H8O3/c3*1-9-7-10(5-6-12(15)16)8-11(13(9)17)14(2,3)4;4-1-3(6)2-5/h3*7-8,17H,5-6H2,1-4H3,(H,15,16);3-6H,1-2H2. The Labute approximate surface area is 338 Å². The molecular formula is C45H68O12. The van der Waals surface area contributed by atoms with E-state index in [2.05, 4.69) is 0 Å². The summed E-state index contributed by atoms with van der Waals surface area (Å²) in [5, 5.41) is 80.1. The first kappa shape index (κ1) is 52.3. The van der Waals surface area contributed by atoms with Gasteiger partial charge in [-0.2, -0.15) is 0 Å². The molecule has 0 saturated carbocycles. The molecule has 0 amide bonds. The number of phenolic OH excluding ortho intramolecular Hbond substituents is 3. The van der Waals surface area contributed by atoms with Crippen LogP contribution in [0.4, 0.5) is 0 Å². The van der Waals surface area contributed by atoms with Crippen molar-refractivity contribution >= 4 is 17.9 Å². The fourth-order valence-corrected chi connectivity index (χ4v) is 5.52. The van der Waals surface area contributed by atoms with E-state index >= 15 is 0 Å². The third-order valence-electron chi connectivity index (χ3n) is 8.81. The average molecular weight is 801 g/mol. The van der Waals surface area contributed by atoms with E-state index in [0.717, 1.165) is 50.1 Å². The molecule has 12 heteroatoms. The summed E-state index contributed by atoms with van der Waals surface area (Å²) in [6.07, 6.45) is 0.901. The number of hydrogen-bond acceptors (Lipinski definition) is 9. The number of aliphatic hydroxyl groups is 3. The van der Waals surface area contributed by atoms with Gasteiger partial charge < -0.3 is 46.0 Å². The Morgan fingerprint density at radius 2 is 0.684 bits per heavy atom. The molecule has 0 saturated heterocycles. The number of carboxylic acids is 3. The fourth-order valence-electron chi connectivity index (χ4n) is 5.52. The first-order chi connectivity index (χ1) is 26.0. The maximum Gasteiger partial charge on any atom is 0.303 e. The van der Waals surface area contributed by atoms with Crippen LogP contribution in [-0.4, -0.2) is 83.2 Å². The van der Waals surface area contributed by atoms with E-state index in [1.54, 1.807) is 0 Å². The van der Waals surface area contributed by atoms with Gasteiger partial charge in [-0.1, -0.05) is 98.7 Å². The highest BCUT2D eigenvalue weighted by Crippen LogP contribution is 2.36. The molecule has 9 N–H and O–H groups in total. The molecule has 3 rings (SSSR count). The molecule has 0 aromatic heterocycles. The normalized spacial score (nSPS) is 11.4. The number of phenols is 3. The molecule has 0 aliphatic carbocycles. The maximum absolute atomic E-state index is 10.6. The van der Waals surface area contributed by atoms with Crippen molar-refractivity contribution < 1.29 is 60.3 Å². The minimum atomic E-state index is -0.954. The van der Waals surface area contributed by atoms with Crippen molar-refractivity contribution in [2.75, 3.05) is 13.2 Å². The van der Waals surface area contributed by atoms with E-state index in [1.807, 2.05) is 119 Å². The van der Waals surface area contributed by atoms with Crippen LogP contribution >= 0.6 is 0 Å². The molecular weight excluding hydrogens is 732 g/mol. The number of aryl methyl sites for hydroxylation is 6. The van der Waals surface area contributed by atoms with E-state index in [-0.39, 0.29) is 48.7 Å². The highest BCUT2D eigenvalue weighted by molar-refractivity contribution is 5.68. The van der Waals surface area contributed by atoms with Crippen molar-refractivity contribution in [3.8, 4) is 17.2 Å². The number of aromatic hydroxyl groups is 3. The van der Waals surface area contributed by atoms with Gasteiger partial charge in [-0.3, -0.25) is 14.4 Å². The molecule has 0 aliphatic heterocycles. The van der Waals surface area contributed by atoms with Gasteiger partial charge in [-0.15, -0.1) is 0 Å². The lowest BCUT2D eigenvalue weighted by Crippen LogP contribution is -2.15. The minimum Gasteiger partial charge on any atom is -0.507 e. The lowest BCUT2D eigenvalue weighted by atomic mass is 9.83. The summed E-state index contributed by atoms with van der Waals surface area (Å²) < 4.78 is 0. The molecule has 0 aliphatic rings. The molecule has 3 aromatic rings. The van der Waals surface area contributed by atoms with E-state index < -0.39 is 24.0 Å². The van der Waals surface area contributed by atoms with Crippen LogP contribution in [0.1, 0.15) is 132 Å². The molecule has 0 unspecified atom stereocenters. The van der Waals surface area contributed by atoms with Crippen molar-refractivity contribution in [3.05, 3.63) is 86.5 Å². The van der Waals surface area contributed by atoms with Crippen LogP contribution in [0.5, 0.6) is 17.2 Å². The largest absolute Gasteiger partial charge is 0.507 e. The van der Waals surface area contributed by atoms with E-state index in [1.165, 1.54) is 0 Å². The molecule has 0 spiro atoms. The SMILES string of the molecule is Cc1cc(CCC(=O)O)cc(C(C)(C)C)c1O.Cc1cc(CCC(=O)O)cc(C(C)(C)C)c1O.Cc1cc(CCC(=O)O)cc(C(C)(C)C)c1O.OCC(O)CO. The predicted molar refractivity (Wildman–Crippen MR) is 223 cm³/mol. The second-order valence-corrected chi connectivity index (χ2v) is 17.4. The lowest BCUT2D eigenvalue weighted by Gasteiger charge is -2.22. The number of rotatable bonds is 11. The van der Waals surface area contributed by atoms with Gasteiger partial charge in [0.05, 0.1) is 13.2 Å². The first-order valence-electron chi connectivity index (χ1n) is 19.0. The summed E-state index contributed by atoms with van der Waals surface area (Å²) in [7, 11) is 0. The fraction of sp³-hybridized carbons (Fsp3) is 0.533. The van der Waals surface area contributed by atoms with E-state index in [4.69, 9.17) is 30.6 Å². The van der Waals surface area contributed by atoms with Crippen LogP contribution < -0.4 is 0 Å². The summed E-state index contributed by atoms with van der Waals surface area (Å²) in [6, 6.07) is 11.3. The topological polar surface area (TPSA) is 233 Å². The molecule has 0 heterocycles. The first-order valence-corrected chi connectivity index (χ1v) is 19.0. The van der Waals surface area contributed by atoms with Gasteiger partial charge in [0.2, 0.25) is 0 Å². The smallest absolute Gasteiger partial charge is 0.303 e. The van der Waals surface area contributed by atoms with Crippen molar-refractivity contribution in [1.82, 2.24) is 0 Å². The second kappa shape index (κ2) is 22.9. The van der Waals surface area contributed by atoms with E-state index in [9.17, 15) is 29.7 Å². The lowest BCUT2D eigenvalue weighted by molar-refractivity contribution is -0.138. The quantitative estimate of drug-likeness (QED) is 0.0925. The number of aliphatic carboxylic acids is 3. The summed E-state index contributed by atoms with van der Waals surface area (Å²) in [5.74, 6) is -1.45. The Balaban J connectivity index is 0.000000769. The predicted octanol–water partition coefficient (Wildman–Crippen LogP) is 7.38. The molecule has 57 heavy (non-hydrogen) atoms. The van der Waals surface area contributed by atoms with Gasteiger partial charge in [-0.05, 0) is 106 Å². The Bertz CT molecular complexity index is 1570. The zero-order valence-electron chi connectivity index (χ0n) is 35.9. The number of carboxylic acid groups (broad SMARTS) is 3. The van der Waals surface area contributed by atoms with E-state index in [0.29, 0.717) is 36.5 Å². The third kappa shape index (κ3) is 19.4. The van der Waals surface area contributed by atoms with Crippen LogP contribution in [0.25, 0.3) is 0 Å². The van der Waals surface area contributed by atoms with Gasteiger partial charge in [0.25, 0.3) is 0 Å². The maximum atomic E-state index is 10.6. The van der Waals surface area contributed by atoms with Crippen LogP contribution in [0, 0.1) is 20.8 Å². The molecule has 3 aromatic carbocycles. The van der Waals surface area contributed by atoms with Gasteiger partial charge in [0.15, 0.2) is 0 Å². The Morgan fingerprint density at radius 3 is 0.825 bits per heavy atom. The van der Waals surface area contributed by atoms with Gasteiger partial charge in [0, 0.05) is 19.3 Å². The monoisotopic (exact) mass is 800 g/mol. The van der Waals surface area contributed by atoms with Crippen molar-refractivity contribution in [2.45, 2.75) is 144 Å². The van der Waals surface area contributed by atoms with Crippen LogP contribution in [-0.2, 0) is 49.9 Å². The van der Waals surface area contributed by atoms with Crippen LogP contribution in [0.15, 0.2) is 36.4 Å². The summed E-state index contributed by atoms with van der Waals surface area (Å²) in [5.41, 5.74) is 7.49. The second-order valence-electron chi connectivity index (χ2n) is 17.4. The van der Waals surface area contributed by atoms with Crippen LogP contribution in [0.2, 0.25) is 0 Å². The molecule has 0 atom stereocenters. The van der Waals surface area contributed by atoms with Crippen molar-refractivity contribution in [3.63, 3.8) is 0 Å². The van der Waals surface area contributed by atoms with Crippen molar-refractivity contribution in [2.24, 2.45) is 0 Å². The average Bonchev–Trinajstić information content (AvgIpc) is 3.08. The van der Waals surface area contributed by atoms with Crippen LogP contribution in [0.3, 0.4) is 0 Å². The summed E-state index contributed by atoms with van der Waals surface area (Å²) in [4.78, 5) is 31.7. The molecule has 0 fully saturated rings. The molecule has 320 valence electrons. The number of benzene rings is 3. The molecule has 0 bridgehead atoms. The Kier molecular flexibility index (Phi) is 21.1. The van der Waals surface area contributed by atoms with Gasteiger partial charge in [-0.25, -0.2) is 0 Å². The highest BCUT2D eigenvalue weighted by Gasteiger charge is 2.22. The Morgan fingerprint density at radius 1 is 0.474 bits per heavy atom. The van der Waals surface area contributed by atoms with Gasteiger partial charge >= 0.3 is 17.9 Å². The zero-order chi connectivity index (χ0) is 44.6. The molecule has 0 radical (unpaired) electrons. The number of hydrogen-bond donors (Lipinski definition) is 9. The number of aliphatic hydroxyl groups excluding tert-OH is 3. The summed E-state index contributed by atoms with van der Waals surface area (Å²) in [6.45, 7) is 23.1.